The van der Waals surface area contributed by atoms with E-state index in [4.69, 9.17) is 9.47 Å². The van der Waals surface area contributed by atoms with Gasteiger partial charge in [0, 0.05) is 5.56 Å². The van der Waals surface area contributed by atoms with Crippen molar-refractivity contribution in [2.45, 2.75) is 0 Å². The number of aromatic nitrogens is 2. The molecule has 0 spiro atoms. The van der Waals surface area contributed by atoms with Gasteiger partial charge >= 0.3 is 0 Å². The third-order valence-corrected chi connectivity index (χ3v) is 4.47. The monoisotopic (exact) mass is 373 g/mol. The van der Waals surface area contributed by atoms with Crippen LogP contribution in [0.5, 0.6) is 11.5 Å². The molecule has 0 radical (unpaired) electrons. The van der Waals surface area contributed by atoms with Crippen molar-refractivity contribution in [2.24, 2.45) is 0 Å². The number of hydrogen-bond acceptors (Lipinski definition) is 4. The van der Waals surface area contributed by atoms with Crippen molar-refractivity contribution in [3.63, 3.8) is 0 Å². The van der Waals surface area contributed by atoms with E-state index in [2.05, 4.69) is 15.3 Å². The number of hydrogen-bond donors (Lipinski definition) is 2. The summed E-state index contributed by atoms with van der Waals surface area (Å²) in [5.41, 5.74) is 3.65. The number of imidazole rings is 1. The predicted molar refractivity (Wildman–Crippen MR) is 109 cm³/mol. The Labute approximate surface area is 162 Å². The number of nitrogens with zero attached hydrogens (tertiary/aromatic N) is 1. The number of amides is 1. The van der Waals surface area contributed by atoms with Crippen LogP contribution < -0.4 is 14.8 Å². The molecule has 3 aromatic carbocycles. The first-order chi connectivity index (χ1) is 13.7. The van der Waals surface area contributed by atoms with E-state index < -0.39 is 0 Å². The highest BCUT2D eigenvalue weighted by Gasteiger charge is 2.17. The van der Waals surface area contributed by atoms with Gasteiger partial charge in [0.2, 0.25) is 0 Å². The van der Waals surface area contributed by atoms with Crippen molar-refractivity contribution >= 4 is 22.6 Å². The average Bonchev–Trinajstić information content (AvgIpc) is 3.17. The molecule has 28 heavy (non-hydrogen) atoms. The number of ether oxygens (including phenoxy) is 2. The summed E-state index contributed by atoms with van der Waals surface area (Å²) in [5, 5.41) is 2.96. The van der Waals surface area contributed by atoms with Gasteiger partial charge in [-0.1, -0.05) is 24.3 Å². The second kappa shape index (κ2) is 7.44. The van der Waals surface area contributed by atoms with Crippen molar-refractivity contribution in [1.29, 1.82) is 0 Å². The number of carbonyl (C=O) groups is 1. The standard InChI is InChI=1S/C22H19N3O3/c1-27-14-11-12-20(28-2)16(13-14)22(26)25-17-8-4-3-7-15(17)21-23-18-9-5-6-10-19(18)24-21/h3-13H,1-2H3,(H,23,24)(H,25,26). The molecular formula is C22H19N3O3. The summed E-state index contributed by atoms with van der Waals surface area (Å²) in [6, 6.07) is 20.4. The molecule has 4 aromatic rings. The van der Waals surface area contributed by atoms with Gasteiger partial charge in [-0.25, -0.2) is 4.98 Å². The number of methoxy groups -OCH3 is 2. The summed E-state index contributed by atoms with van der Waals surface area (Å²) in [6.07, 6.45) is 0. The fourth-order valence-corrected chi connectivity index (χ4v) is 3.06. The largest absolute Gasteiger partial charge is 0.497 e. The van der Waals surface area contributed by atoms with Crippen LogP contribution in [-0.4, -0.2) is 30.1 Å². The number of H-pyrrole nitrogens is 1. The first kappa shape index (κ1) is 17.6. The topological polar surface area (TPSA) is 76.2 Å². The number of fused-ring (bicyclic) bond motifs is 1. The highest BCUT2D eigenvalue weighted by atomic mass is 16.5. The van der Waals surface area contributed by atoms with Crippen molar-refractivity contribution < 1.29 is 14.3 Å². The third kappa shape index (κ3) is 3.27. The Morgan fingerprint density at radius 3 is 2.54 bits per heavy atom. The number of benzene rings is 3. The van der Waals surface area contributed by atoms with Crippen LogP contribution in [-0.2, 0) is 0 Å². The molecule has 4 rings (SSSR count). The maximum absolute atomic E-state index is 12.9. The zero-order valence-corrected chi connectivity index (χ0v) is 15.5. The quantitative estimate of drug-likeness (QED) is 0.540. The average molecular weight is 373 g/mol. The number of anilines is 1. The Hall–Kier alpha value is -3.80. The number of nitrogens with one attached hydrogen (secondary N) is 2. The van der Waals surface area contributed by atoms with E-state index in [0.717, 1.165) is 16.6 Å². The van der Waals surface area contributed by atoms with Crippen LogP contribution in [0.2, 0.25) is 0 Å². The highest BCUT2D eigenvalue weighted by Crippen LogP contribution is 2.30. The first-order valence-electron chi connectivity index (χ1n) is 8.77. The minimum absolute atomic E-state index is 0.292. The maximum Gasteiger partial charge on any atom is 0.259 e. The molecule has 0 aliphatic heterocycles. The van der Waals surface area contributed by atoms with Gasteiger partial charge in [0.05, 0.1) is 36.5 Å². The lowest BCUT2D eigenvalue weighted by molar-refractivity contribution is 0.102. The first-order valence-corrected chi connectivity index (χ1v) is 8.77. The van der Waals surface area contributed by atoms with Gasteiger partial charge in [0.15, 0.2) is 0 Å². The summed E-state index contributed by atoms with van der Waals surface area (Å²) < 4.78 is 10.6. The zero-order valence-electron chi connectivity index (χ0n) is 15.5. The van der Waals surface area contributed by atoms with Crippen molar-refractivity contribution in [2.75, 3.05) is 19.5 Å². The van der Waals surface area contributed by atoms with Gasteiger partial charge in [0.25, 0.3) is 5.91 Å². The zero-order chi connectivity index (χ0) is 19.5. The van der Waals surface area contributed by atoms with Crippen LogP contribution in [0.3, 0.4) is 0 Å². The summed E-state index contributed by atoms with van der Waals surface area (Å²) in [5.74, 6) is 1.45. The van der Waals surface area contributed by atoms with Gasteiger partial charge in [0.1, 0.15) is 17.3 Å². The van der Waals surface area contributed by atoms with Gasteiger partial charge in [-0.15, -0.1) is 0 Å². The lowest BCUT2D eigenvalue weighted by Crippen LogP contribution is -2.14. The minimum atomic E-state index is -0.292. The summed E-state index contributed by atoms with van der Waals surface area (Å²) in [7, 11) is 3.08. The molecule has 0 bridgehead atoms. The Bertz CT molecular complexity index is 1120. The number of rotatable bonds is 5. The molecule has 1 aromatic heterocycles. The molecule has 140 valence electrons. The molecule has 1 amide bonds. The maximum atomic E-state index is 12.9. The molecule has 6 nitrogen and oxygen atoms in total. The van der Waals surface area contributed by atoms with E-state index in [0.29, 0.717) is 28.6 Å². The van der Waals surface area contributed by atoms with E-state index >= 15 is 0 Å². The molecule has 2 N–H and O–H groups in total. The molecule has 0 unspecified atom stereocenters. The van der Waals surface area contributed by atoms with E-state index in [1.807, 2.05) is 48.5 Å². The lowest BCUT2D eigenvalue weighted by Gasteiger charge is -2.13. The Balaban J connectivity index is 1.71. The fourth-order valence-electron chi connectivity index (χ4n) is 3.06. The van der Waals surface area contributed by atoms with Gasteiger partial charge in [-0.3, -0.25) is 4.79 Å². The molecular weight excluding hydrogens is 354 g/mol. The summed E-state index contributed by atoms with van der Waals surface area (Å²) in [4.78, 5) is 20.9. The van der Waals surface area contributed by atoms with Gasteiger partial charge in [-0.2, -0.15) is 0 Å². The van der Waals surface area contributed by atoms with Crippen LogP contribution in [0, 0.1) is 0 Å². The molecule has 1 heterocycles. The molecule has 6 heteroatoms. The van der Waals surface area contributed by atoms with Crippen LogP contribution in [0.25, 0.3) is 22.4 Å². The Morgan fingerprint density at radius 1 is 0.964 bits per heavy atom. The normalized spacial score (nSPS) is 10.6. The Morgan fingerprint density at radius 2 is 1.75 bits per heavy atom. The summed E-state index contributed by atoms with van der Waals surface area (Å²) in [6.45, 7) is 0. The molecule has 0 atom stereocenters. The number of carbonyl (C=O) groups excluding carboxylic acids is 1. The number of para-hydroxylation sites is 3. The molecule has 0 saturated carbocycles. The van der Waals surface area contributed by atoms with Crippen molar-refractivity contribution in [3.8, 4) is 22.9 Å². The molecule has 0 aliphatic rings. The van der Waals surface area contributed by atoms with Crippen molar-refractivity contribution in [3.05, 3.63) is 72.3 Å². The highest BCUT2D eigenvalue weighted by molar-refractivity contribution is 6.08. The second-order valence-electron chi connectivity index (χ2n) is 6.17. The molecule has 0 aliphatic carbocycles. The van der Waals surface area contributed by atoms with E-state index in [9.17, 15) is 4.79 Å². The third-order valence-electron chi connectivity index (χ3n) is 4.47. The minimum Gasteiger partial charge on any atom is -0.497 e. The SMILES string of the molecule is COc1ccc(OC)c(C(=O)Nc2ccccc2-c2nc3ccccc3[nH]2)c1. The van der Waals surface area contributed by atoms with Crippen LogP contribution in [0.1, 0.15) is 10.4 Å². The van der Waals surface area contributed by atoms with Crippen LogP contribution in [0.15, 0.2) is 66.7 Å². The fraction of sp³-hybridized carbons (Fsp3) is 0.0909. The van der Waals surface area contributed by atoms with Gasteiger partial charge < -0.3 is 19.8 Å². The van der Waals surface area contributed by atoms with Crippen LogP contribution >= 0.6 is 0 Å². The second-order valence-corrected chi connectivity index (χ2v) is 6.17. The van der Waals surface area contributed by atoms with E-state index in [1.165, 1.54) is 7.11 Å². The van der Waals surface area contributed by atoms with Gasteiger partial charge in [-0.05, 0) is 42.5 Å². The lowest BCUT2D eigenvalue weighted by atomic mass is 10.1. The van der Waals surface area contributed by atoms with Crippen LogP contribution in [0.4, 0.5) is 5.69 Å². The predicted octanol–water partition coefficient (Wildman–Crippen LogP) is 4.50. The van der Waals surface area contributed by atoms with Crippen molar-refractivity contribution in [1.82, 2.24) is 9.97 Å². The molecule has 0 saturated heterocycles. The molecule has 0 fully saturated rings. The summed E-state index contributed by atoms with van der Waals surface area (Å²) >= 11 is 0. The smallest absolute Gasteiger partial charge is 0.259 e. The van der Waals surface area contributed by atoms with E-state index in [1.54, 1.807) is 25.3 Å². The Kier molecular flexibility index (Phi) is 4.68. The van der Waals surface area contributed by atoms with E-state index in [-0.39, 0.29) is 5.91 Å². The number of aromatic amines is 1.